The van der Waals surface area contributed by atoms with Gasteiger partial charge in [0.15, 0.2) is 0 Å². The molecule has 0 radical (unpaired) electrons. The van der Waals surface area contributed by atoms with Crippen molar-refractivity contribution in [2.24, 2.45) is 7.05 Å². The fraction of sp³-hybridized carbons (Fsp3) is 0.636. The van der Waals surface area contributed by atoms with Crippen LogP contribution < -0.4 is 5.32 Å². The zero-order valence-corrected chi connectivity index (χ0v) is 10.0. The predicted octanol–water partition coefficient (Wildman–Crippen LogP) is 0.483. The summed E-state index contributed by atoms with van der Waals surface area (Å²) in [4.78, 5) is 11.7. The third kappa shape index (κ3) is 3.06. The molecule has 1 unspecified atom stereocenters. The molecule has 0 aromatic carbocycles. The number of carbonyl (C=O) groups excluding carboxylic acids is 1. The molecule has 0 spiro atoms. The van der Waals surface area contributed by atoms with Crippen LogP contribution in [0.4, 0.5) is 0 Å². The van der Waals surface area contributed by atoms with E-state index in [-0.39, 0.29) is 12.5 Å². The number of amides is 1. The summed E-state index contributed by atoms with van der Waals surface area (Å²) in [5.74, 6) is -0.192. The van der Waals surface area contributed by atoms with Gasteiger partial charge in [-0.3, -0.25) is 9.48 Å². The second kappa shape index (κ2) is 5.65. The van der Waals surface area contributed by atoms with Gasteiger partial charge in [-0.05, 0) is 18.9 Å². The van der Waals surface area contributed by atoms with E-state index < -0.39 is 6.10 Å². The van der Waals surface area contributed by atoms with Crippen molar-refractivity contribution in [3.8, 4) is 0 Å². The van der Waals surface area contributed by atoms with Crippen LogP contribution in [0.3, 0.4) is 0 Å². The lowest BCUT2D eigenvalue weighted by atomic mass is 10.2. The quantitative estimate of drug-likeness (QED) is 0.766. The molecule has 1 rings (SSSR count). The van der Waals surface area contributed by atoms with Gasteiger partial charge in [-0.2, -0.15) is 5.10 Å². The second-order valence-corrected chi connectivity index (χ2v) is 3.77. The molecule has 1 aromatic rings. The SMILES string of the molecule is CCc1cc(C(=O)NCC(O)CC)n(C)n1. The summed E-state index contributed by atoms with van der Waals surface area (Å²) in [5.41, 5.74) is 1.42. The number of aliphatic hydroxyl groups is 1. The molecule has 0 aliphatic rings. The first kappa shape index (κ1) is 12.7. The molecule has 0 fully saturated rings. The first-order chi connectivity index (χ1) is 7.58. The molecular formula is C11H19N3O2. The molecule has 0 saturated carbocycles. The van der Waals surface area contributed by atoms with Crippen molar-refractivity contribution in [1.82, 2.24) is 15.1 Å². The topological polar surface area (TPSA) is 67.2 Å². The lowest BCUT2D eigenvalue weighted by Gasteiger charge is -2.09. The second-order valence-electron chi connectivity index (χ2n) is 3.77. The summed E-state index contributed by atoms with van der Waals surface area (Å²) in [6.07, 6.45) is 0.952. The van der Waals surface area contributed by atoms with Crippen LogP contribution in [-0.4, -0.2) is 33.4 Å². The van der Waals surface area contributed by atoms with Crippen molar-refractivity contribution in [1.29, 1.82) is 0 Å². The fourth-order valence-corrected chi connectivity index (χ4v) is 1.36. The minimum atomic E-state index is -0.483. The maximum absolute atomic E-state index is 11.7. The predicted molar refractivity (Wildman–Crippen MR) is 61.2 cm³/mol. The highest BCUT2D eigenvalue weighted by molar-refractivity contribution is 5.92. The molecule has 16 heavy (non-hydrogen) atoms. The average molecular weight is 225 g/mol. The number of nitrogens with one attached hydrogen (secondary N) is 1. The molecule has 1 heterocycles. The van der Waals surface area contributed by atoms with Gasteiger partial charge >= 0.3 is 0 Å². The molecule has 90 valence electrons. The van der Waals surface area contributed by atoms with Crippen LogP contribution in [0.1, 0.15) is 36.5 Å². The average Bonchev–Trinajstić information content (AvgIpc) is 2.67. The van der Waals surface area contributed by atoms with Gasteiger partial charge in [0.25, 0.3) is 5.91 Å². The number of carbonyl (C=O) groups is 1. The number of nitrogens with zero attached hydrogens (tertiary/aromatic N) is 2. The minimum Gasteiger partial charge on any atom is -0.391 e. The van der Waals surface area contributed by atoms with E-state index >= 15 is 0 Å². The Balaban J connectivity index is 2.62. The molecule has 1 atom stereocenters. The smallest absolute Gasteiger partial charge is 0.269 e. The first-order valence-electron chi connectivity index (χ1n) is 5.57. The van der Waals surface area contributed by atoms with E-state index in [4.69, 9.17) is 0 Å². The maximum atomic E-state index is 11.7. The Bertz CT molecular complexity index is 360. The fourth-order valence-electron chi connectivity index (χ4n) is 1.36. The maximum Gasteiger partial charge on any atom is 0.269 e. The molecule has 1 amide bonds. The Morgan fingerprint density at radius 1 is 1.62 bits per heavy atom. The summed E-state index contributed by atoms with van der Waals surface area (Å²) in [7, 11) is 1.74. The zero-order valence-electron chi connectivity index (χ0n) is 10.0. The number of aliphatic hydroxyl groups excluding tert-OH is 1. The van der Waals surface area contributed by atoms with Gasteiger partial charge in [-0.1, -0.05) is 13.8 Å². The zero-order chi connectivity index (χ0) is 12.1. The molecule has 5 heteroatoms. The summed E-state index contributed by atoms with van der Waals surface area (Å²) in [6, 6.07) is 1.77. The van der Waals surface area contributed by atoms with Crippen molar-refractivity contribution in [3.63, 3.8) is 0 Å². The van der Waals surface area contributed by atoms with Gasteiger partial charge in [0.05, 0.1) is 11.8 Å². The lowest BCUT2D eigenvalue weighted by Crippen LogP contribution is -2.32. The number of hydrogen-bond acceptors (Lipinski definition) is 3. The van der Waals surface area contributed by atoms with Crippen molar-refractivity contribution < 1.29 is 9.90 Å². The van der Waals surface area contributed by atoms with Gasteiger partial charge < -0.3 is 10.4 Å². The van der Waals surface area contributed by atoms with Crippen LogP contribution in [0, 0.1) is 0 Å². The Morgan fingerprint density at radius 3 is 2.81 bits per heavy atom. The van der Waals surface area contributed by atoms with Gasteiger partial charge in [0, 0.05) is 13.6 Å². The Kier molecular flexibility index (Phi) is 4.49. The molecule has 0 bridgehead atoms. The van der Waals surface area contributed by atoms with Crippen LogP contribution in [0.25, 0.3) is 0 Å². The third-order valence-electron chi connectivity index (χ3n) is 2.49. The third-order valence-corrected chi connectivity index (χ3v) is 2.49. The molecule has 1 aromatic heterocycles. The van der Waals surface area contributed by atoms with Crippen molar-refractivity contribution in [3.05, 3.63) is 17.5 Å². The lowest BCUT2D eigenvalue weighted by molar-refractivity contribution is 0.0904. The number of aromatic nitrogens is 2. The molecule has 5 nitrogen and oxygen atoms in total. The normalized spacial score (nSPS) is 12.5. The van der Waals surface area contributed by atoms with E-state index in [0.717, 1.165) is 12.1 Å². The van der Waals surface area contributed by atoms with Gasteiger partial charge in [0.2, 0.25) is 0 Å². The van der Waals surface area contributed by atoms with Crippen LogP contribution >= 0.6 is 0 Å². The van der Waals surface area contributed by atoms with Crippen molar-refractivity contribution in [2.45, 2.75) is 32.8 Å². The van der Waals surface area contributed by atoms with Crippen LogP contribution in [-0.2, 0) is 13.5 Å². The minimum absolute atomic E-state index is 0.192. The van der Waals surface area contributed by atoms with Crippen molar-refractivity contribution >= 4 is 5.91 Å². The van der Waals surface area contributed by atoms with Crippen molar-refractivity contribution in [2.75, 3.05) is 6.54 Å². The van der Waals surface area contributed by atoms with E-state index in [2.05, 4.69) is 10.4 Å². The molecule has 0 aliphatic heterocycles. The Labute approximate surface area is 95.5 Å². The highest BCUT2D eigenvalue weighted by Crippen LogP contribution is 2.03. The monoisotopic (exact) mass is 225 g/mol. The van der Waals surface area contributed by atoms with E-state index in [1.54, 1.807) is 17.8 Å². The number of aryl methyl sites for hydroxylation is 2. The number of rotatable bonds is 5. The molecule has 0 aliphatic carbocycles. The largest absolute Gasteiger partial charge is 0.391 e. The highest BCUT2D eigenvalue weighted by Gasteiger charge is 2.13. The Hall–Kier alpha value is -1.36. The molecule has 2 N–H and O–H groups in total. The van der Waals surface area contributed by atoms with Crippen LogP contribution in [0.5, 0.6) is 0 Å². The van der Waals surface area contributed by atoms with Gasteiger partial charge in [-0.15, -0.1) is 0 Å². The summed E-state index contributed by atoms with van der Waals surface area (Å²) < 4.78 is 1.56. The van der Waals surface area contributed by atoms with E-state index in [1.807, 2.05) is 13.8 Å². The van der Waals surface area contributed by atoms with Crippen LogP contribution in [0.15, 0.2) is 6.07 Å². The van der Waals surface area contributed by atoms with E-state index in [9.17, 15) is 9.90 Å². The highest BCUT2D eigenvalue weighted by atomic mass is 16.3. The van der Waals surface area contributed by atoms with E-state index in [1.165, 1.54) is 0 Å². The summed E-state index contributed by atoms with van der Waals surface area (Å²) in [6.45, 7) is 4.14. The summed E-state index contributed by atoms with van der Waals surface area (Å²) >= 11 is 0. The van der Waals surface area contributed by atoms with Gasteiger partial charge in [0.1, 0.15) is 5.69 Å². The molecule has 0 saturated heterocycles. The number of hydrogen-bond donors (Lipinski definition) is 2. The van der Waals surface area contributed by atoms with E-state index in [0.29, 0.717) is 12.1 Å². The van der Waals surface area contributed by atoms with Gasteiger partial charge in [-0.25, -0.2) is 0 Å². The standard InChI is InChI=1S/C11H19N3O2/c1-4-8-6-10(14(3)13-8)11(16)12-7-9(15)5-2/h6,9,15H,4-5,7H2,1-3H3,(H,12,16). The summed E-state index contributed by atoms with van der Waals surface area (Å²) in [5, 5.41) is 16.2. The first-order valence-corrected chi connectivity index (χ1v) is 5.57. The molecular weight excluding hydrogens is 206 g/mol. The Morgan fingerprint density at radius 2 is 2.31 bits per heavy atom. The van der Waals surface area contributed by atoms with Crippen LogP contribution in [0.2, 0.25) is 0 Å².